The van der Waals surface area contributed by atoms with Crippen molar-refractivity contribution in [2.75, 3.05) is 0 Å². The van der Waals surface area contributed by atoms with Crippen molar-refractivity contribution in [3.05, 3.63) is 82.6 Å². The van der Waals surface area contributed by atoms with Crippen LogP contribution in [-0.4, -0.2) is 25.0 Å². The standard InChI is InChI=1S/C35H48N4O3S/c1-23(2)29-19-27(25(5)18-26-14-10-8-11-15-26)20-30(24(3)4)31(29)21-33(40)38-43(36,42)34-22-32(35(6,7)41)39(37-34)28-16-12-9-13-17-28/h9,12-13,16-20,22-24,26,41H,8,10-11,14-15,21H2,1-7H3,(H2,36,38,40,42)/b25-18-. The highest BCUT2D eigenvalue weighted by molar-refractivity contribution is 7.91. The van der Waals surface area contributed by atoms with Crippen molar-refractivity contribution in [2.45, 2.75) is 109 Å². The van der Waals surface area contributed by atoms with E-state index in [9.17, 15) is 14.1 Å². The molecule has 4 rings (SSSR count). The van der Waals surface area contributed by atoms with E-state index in [1.54, 1.807) is 13.8 Å². The Labute approximate surface area is 257 Å². The zero-order chi connectivity index (χ0) is 31.5. The molecule has 0 bridgehead atoms. The van der Waals surface area contributed by atoms with Gasteiger partial charge >= 0.3 is 0 Å². The fourth-order valence-corrected chi connectivity index (χ4v) is 6.96. The fourth-order valence-electron chi connectivity index (χ4n) is 6.02. The number of amides is 1. The molecule has 1 aromatic heterocycles. The van der Waals surface area contributed by atoms with Crippen LogP contribution in [-0.2, 0) is 26.7 Å². The van der Waals surface area contributed by atoms with Crippen molar-refractivity contribution >= 4 is 21.4 Å². The average Bonchev–Trinajstić information content (AvgIpc) is 3.41. The number of para-hydroxylation sites is 1. The molecule has 0 saturated heterocycles. The second kappa shape index (κ2) is 13.3. The highest BCUT2D eigenvalue weighted by Crippen LogP contribution is 2.34. The van der Waals surface area contributed by atoms with Crippen LogP contribution in [0.2, 0.25) is 0 Å². The van der Waals surface area contributed by atoms with Gasteiger partial charge in [0.25, 0.3) is 5.91 Å². The van der Waals surface area contributed by atoms with Gasteiger partial charge in [0.05, 0.1) is 17.8 Å². The van der Waals surface area contributed by atoms with E-state index in [0.717, 1.165) is 16.7 Å². The Morgan fingerprint density at radius 1 is 1.07 bits per heavy atom. The summed E-state index contributed by atoms with van der Waals surface area (Å²) in [4.78, 5) is 13.5. The van der Waals surface area contributed by atoms with Gasteiger partial charge in [0.2, 0.25) is 0 Å². The van der Waals surface area contributed by atoms with Crippen LogP contribution in [0.5, 0.6) is 0 Å². The van der Waals surface area contributed by atoms with E-state index in [2.05, 4.69) is 62.3 Å². The molecule has 0 aliphatic heterocycles. The number of rotatable bonds is 9. The molecule has 1 saturated carbocycles. The van der Waals surface area contributed by atoms with Crippen LogP contribution in [0.4, 0.5) is 0 Å². The summed E-state index contributed by atoms with van der Waals surface area (Å²) in [6, 6.07) is 15.1. The minimum Gasteiger partial charge on any atom is -0.384 e. The smallest absolute Gasteiger partial charge is 0.259 e. The van der Waals surface area contributed by atoms with E-state index in [1.165, 1.54) is 54.0 Å². The zero-order valence-corrected chi connectivity index (χ0v) is 27.6. The summed E-state index contributed by atoms with van der Waals surface area (Å²) in [6.07, 6.45) is 8.85. The van der Waals surface area contributed by atoms with E-state index >= 15 is 0 Å². The Bertz CT molecular complexity index is 1570. The highest BCUT2D eigenvalue weighted by Gasteiger charge is 2.27. The van der Waals surface area contributed by atoms with Gasteiger partial charge in [-0.3, -0.25) is 4.79 Å². The molecule has 2 aromatic carbocycles. The number of hydrogen-bond donors (Lipinski definition) is 2. The van der Waals surface area contributed by atoms with Crippen LogP contribution in [0.25, 0.3) is 11.3 Å². The number of carbonyl (C=O) groups is 1. The lowest BCUT2D eigenvalue weighted by molar-refractivity contribution is -0.117. The lowest BCUT2D eigenvalue weighted by atomic mass is 9.82. The van der Waals surface area contributed by atoms with Gasteiger partial charge in [-0.15, -0.1) is 4.36 Å². The van der Waals surface area contributed by atoms with Crippen molar-refractivity contribution in [1.29, 1.82) is 0 Å². The number of allylic oxidation sites excluding steroid dienone is 2. The Hall–Kier alpha value is -3.07. The molecule has 7 nitrogen and oxygen atoms in total. The van der Waals surface area contributed by atoms with E-state index in [-0.39, 0.29) is 23.3 Å². The van der Waals surface area contributed by atoms with E-state index in [0.29, 0.717) is 17.3 Å². The van der Waals surface area contributed by atoms with Crippen LogP contribution in [0.3, 0.4) is 0 Å². The largest absolute Gasteiger partial charge is 0.384 e. The number of benzene rings is 2. The van der Waals surface area contributed by atoms with Gasteiger partial charge in [0.1, 0.15) is 5.60 Å². The molecule has 43 heavy (non-hydrogen) atoms. The van der Waals surface area contributed by atoms with Crippen LogP contribution < -0.4 is 5.14 Å². The van der Waals surface area contributed by atoms with Crippen molar-refractivity contribution < 1.29 is 14.1 Å². The molecule has 3 N–H and O–H groups in total. The molecule has 232 valence electrons. The lowest BCUT2D eigenvalue weighted by Crippen LogP contribution is -2.20. The first-order valence-electron chi connectivity index (χ1n) is 15.5. The van der Waals surface area contributed by atoms with Crippen LogP contribution in [0.15, 0.2) is 64.0 Å². The van der Waals surface area contributed by atoms with E-state index in [1.807, 2.05) is 30.3 Å². The first-order valence-corrected chi connectivity index (χ1v) is 17.1. The average molecular weight is 605 g/mol. The maximum absolute atomic E-state index is 13.7. The monoisotopic (exact) mass is 604 g/mol. The van der Waals surface area contributed by atoms with Crippen molar-refractivity contribution in [2.24, 2.45) is 15.4 Å². The lowest BCUT2D eigenvalue weighted by Gasteiger charge is -2.23. The molecule has 1 heterocycles. The summed E-state index contributed by atoms with van der Waals surface area (Å²) in [5.41, 5.74) is 5.36. The fraction of sp³-hybridized carbons (Fsp3) is 0.486. The molecule has 1 unspecified atom stereocenters. The van der Waals surface area contributed by atoms with E-state index < -0.39 is 21.4 Å². The van der Waals surface area contributed by atoms with Crippen molar-refractivity contribution in [3.8, 4) is 5.69 Å². The Morgan fingerprint density at radius 2 is 1.65 bits per heavy atom. The van der Waals surface area contributed by atoms with Gasteiger partial charge in [-0.1, -0.05) is 83.4 Å². The molecule has 8 heteroatoms. The SMILES string of the molecule is C/C(=C/C1CCCCC1)c1cc(C(C)C)c(CC(=O)N=S(N)(=O)c2cc(C(C)(C)O)n(-c3ccccc3)n2)c(C(C)C)c1. The number of aromatic nitrogens is 2. The number of nitrogens with zero attached hydrogens (tertiary/aromatic N) is 3. The molecule has 1 fully saturated rings. The Morgan fingerprint density at radius 3 is 2.19 bits per heavy atom. The van der Waals surface area contributed by atoms with Gasteiger partial charge in [-0.2, -0.15) is 5.10 Å². The van der Waals surface area contributed by atoms with Crippen LogP contribution >= 0.6 is 0 Å². The summed E-state index contributed by atoms with van der Waals surface area (Å²) < 4.78 is 19.2. The minimum absolute atomic E-state index is 0.00136. The molecular weight excluding hydrogens is 556 g/mol. The topological polar surface area (TPSA) is 111 Å². The van der Waals surface area contributed by atoms with Gasteiger partial charge in [0.15, 0.2) is 14.9 Å². The second-order valence-corrected chi connectivity index (χ2v) is 14.8. The quantitative estimate of drug-likeness (QED) is 0.260. The summed E-state index contributed by atoms with van der Waals surface area (Å²) in [5, 5.41) is 21.4. The molecule has 1 aliphatic carbocycles. The molecule has 0 spiro atoms. The third-order valence-corrected chi connectivity index (χ3v) is 9.61. The number of hydrogen-bond acceptors (Lipinski definition) is 4. The van der Waals surface area contributed by atoms with Crippen molar-refractivity contribution in [3.63, 3.8) is 0 Å². The summed E-state index contributed by atoms with van der Waals surface area (Å²) in [7, 11) is -3.68. The second-order valence-electron chi connectivity index (χ2n) is 13.1. The minimum atomic E-state index is -3.68. The molecule has 1 aliphatic rings. The predicted molar refractivity (Wildman–Crippen MR) is 175 cm³/mol. The molecule has 3 aromatic rings. The number of nitrogens with two attached hydrogens (primary N) is 1. The molecule has 0 radical (unpaired) electrons. The van der Waals surface area contributed by atoms with Gasteiger partial charge in [-0.05, 0) is 91.3 Å². The summed E-state index contributed by atoms with van der Waals surface area (Å²) in [6.45, 7) is 14.0. The Kier molecular flexibility index (Phi) is 10.1. The number of aliphatic hydroxyl groups is 1. The summed E-state index contributed by atoms with van der Waals surface area (Å²) in [5.74, 6) is 0.429. The van der Waals surface area contributed by atoms with Crippen molar-refractivity contribution in [1.82, 2.24) is 9.78 Å². The molecular formula is C35H48N4O3S. The predicted octanol–water partition coefficient (Wildman–Crippen LogP) is 7.80. The highest BCUT2D eigenvalue weighted by atomic mass is 32.2. The van der Waals surface area contributed by atoms with E-state index in [4.69, 9.17) is 5.14 Å². The van der Waals surface area contributed by atoms with Crippen LogP contribution in [0.1, 0.15) is 120 Å². The van der Waals surface area contributed by atoms with Gasteiger partial charge < -0.3 is 5.11 Å². The zero-order valence-electron chi connectivity index (χ0n) is 26.8. The Balaban J connectivity index is 1.72. The van der Waals surface area contributed by atoms with Gasteiger partial charge in [-0.25, -0.2) is 14.0 Å². The third-order valence-electron chi connectivity index (χ3n) is 8.33. The first-order chi connectivity index (χ1) is 20.2. The molecule has 1 atom stereocenters. The summed E-state index contributed by atoms with van der Waals surface area (Å²) >= 11 is 0. The normalized spacial score (nSPS) is 16.5. The maximum atomic E-state index is 13.7. The maximum Gasteiger partial charge on any atom is 0.259 e. The third kappa shape index (κ3) is 7.91. The number of carbonyl (C=O) groups excluding carboxylic acids is 1. The van der Waals surface area contributed by atoms with Crippen LogP contribution in [0, 0.1) is 5.92 Å². The first kappa shape index (κ1) is 32.8. The van der Waals surface area contributed by atoms with Gasteiger partial charge in [0, 0.05) is 6.07 Å². The molecule has 1 amide bonds.